The highest BCUT2D eigenvalue weighted by Crippen LogP contribution is 2.51. The summed E-state index contributed by atoms with van der Waals surface area (Å²) in [6, 6.07) is 0. The summed E-state index contributed by atoms with van der Waals surface area (Å²) < 4.78 is 176. The predicted octanol–water partition coefficient (Wildman–Crippen LogP) is 7.63. The Morgan fingerprint density at radius 3 is 1.18 bits per heavy atom. The zero-order valence-corrected chi connectivity index (χ0v) is 14.1. The molecule has 0 aromatic heterocycles. The lowest BCUT2D eigenvalue weighted by atomic mass is 9.85. The molecule has 170 valence electrons. The summed E-state index contributed by atoms with van der Waals surface area (Å²) in [6.45, 7) is 1.07. The van der Waals surface area contributed by atoms with Crippen LogP contribution in [0.1, 0.15) is 45.4 Å². The van der Waals surface area contributed by atoms with Gasteiger partial charge in [-0.15, -0.1) is 0 Å². The summed E-state index contributed by atoms with van der Waals surface area (Å²) in [5.74, 6) is -1.65. The van der Waals surface area contributed by atoms with Crippen molar-refractivity contribution >= 4 is 0 Å². The summed E-state index contributed by atoms with van der Waals surface area (Å²) >= 11 is 0. The highest BCUT2D eigenvalue weighted by Gasteiger charge is 2.73. The van der Waals surface area contributed by atoms with Crippen LogP contribution in [0.3, 0.4) is 0 Å². The van der Waals surface area contributed by atoms with Gasteiger partial charge in [-0.25, -0.2) is 8.78 Å². The summed E-state index contributed by atoms with van der Waals surface area (Å²) in [5, 5.41) is 0. The fourth-order valence-electron chi connectivity index (χ4n) is 2.49. The van der Waals surface area contributed by atoms with Crippen LogP contribution in [0, 0.1) is 5.92 Å². The van der Waals surface area contributed by atoms with E-state index in [4.69, 9.17) is 0 Å². The van der Waals surface area contributed by atoms with Crippen LogP contribution in [0.25, 0.3) is 0 Å². The molecule has 0 heterocycles. The maximum Gasteiger partial charge on any atom is 0.431 e. The van der Waals surface area contributed by atoms with E-state index in [-0.39, 0.29) is 0 Å². The Labute approximate surface area is 150 Å². The zero-order valence-electron chi connectivity index (χ0n) is 14.1. The number of hydrogen-bond acceptors (Lipinski definition) is 0. The van der Waals surface area contributed by atoms with Gasteiger partial charge in [0.05, 0.1) is 0 Å². The van der Waals surface area contributed by atoms with Gasteiger partial charge < -0.3 is 0 Å². The highest BCUT2D eigenvalue weighted by atomic mass is 19.4. The maximum absolute atomic E-state index is 13.6. The number of hydrogen-bond donors (Lipinski definition) is 0. The molecule has 0 spiro atoms. The van der Waals surface area contributed by atoms with E-state index >= 15 is 0 Å². The number of alkyl halides is 14. The quantitative estimate of drug-likeness (QED) is 0.264. The standard InChI is InChI=1S/C14H16F14/c1-2-8(7-10(16,13(23,24)25)14(26,27)28)5-3-4-6-9(15,11(17,18)19)12(20,21)22/h8H,2-7H2,1H3. The minimum Gasteiger partial charge on any atom is -0.224 e. The molecule has 1 atom stereocenters. The predicted molar refractivity (Wildman–Crippen MR) is 68.8 cm³/mol. The monoisotopic (exact) mass is 450 g/mol. The van der Waals surface area contributed by atoms with Gasteiger partial charge in [-0.2, -0.15) is 52.7 Å². The molecule has 0 amide bonds. The molecule has 0 saturated carbocycles. The van der Waals surface area contributed by atoms with Crippen molar-refractivity contribution in [2.24, 2.45) is 5.92 Å². The average molecular weight is 450 g/mol. The minimum absolute atomic E-state index is 0.461. The van der Waals surface area contributed by atoms with Crippen molar-refractivity contribution in [3.63, 3.8) is 0 Å². The third-order valence-corrected chi connectivity index (χ3v) is 4.33. The molecule has 0 nitrogen and oxygen atoms in total. The van der Waals surface area contributed by atoms with Crippen molar-refractivity contribution in [1.29, 1.82) is 0 Å². The topological polar surface area (TPSA) is 0 Å². The van der Waals surface area contributed by atoms with Gasteiger partial charge in [0.1, 0.15) is 0 Å². The first-order valence-electron chi connectivity index (χ1n) is 7.78. The Morgan fingerprint density at radius 2 is 0.893 bits per heavy atom. The Bertz CT molecular complexity index is 452. The SMILES string of the molecule is CCC(CCCCC(F)(C(F)(F)F)C(F)(F)F)CC(F)(C(F)(F)F)C(F)(F)F. The first-order chi connectivity index (χ1) is 12.1. The van der Waals surface area contributed by atoms with Crippen LogP contribution in [-0.2, 0) is 0 Å². The van der Waals surface area contributed by atoms with Crippen molar-refractivity contribution in [3.8, 4) is 0 Å². The number of unbranched alkanes of at least 4 members (excludes halogenated alkanes) is 1. The third kappa shape index (κ3) is 5.77. The molecule has 0 aliphatic carbocycles. The van der Waals surface area contributed by atoms with Gasteiger partial charge in [0.2, 0.25) is 0 Å². The molecular formula is C14H16F14. The molecule has 0 rings (SSSR count). The first-order valence-corrected chi connectivity index (χ1v) is 7.78. The van der Waals surface area contributed by atoms with Crippen LogP contribution >= 0.6 is 0 Å². The fourth-order valence-corrected chi connectivity index (χ4v) is 2.49. The molecule has 0 aromatic carbocycles. The Kier molecular flexibility index (Phi) is 8.11. The molecule has 0 aromatic rings. The zero-order chi connectivity index (χ0) is 22.8. The smallest absolute Gasteiger partial charge is 0.224 e. The molecule has 0 aliphatic rings. The highest BCUT2D eigenvalue weighted by molar-refractivity contribution is 4.96. The third-order valence-electron chi connectivity index (χ3n) is 4.33. The molecule has 1 unspecified atom stereocenters. The normalized spacial score (nSPS) is 16.4. The summed E-state index contributed by atoms with van der Waals surface area (Å²) in [7, 11) is 0. The molecule has 0 bridgehead atoms. The van der Waals surface area contributed by atoms with E-state index in [0.717, 1.165) is 6.92 Å². The fraction of sp³-hybridized carbons (Fsp3) is 1.00. The Balaban J connectivity index is 5.10. The van der Waals surface area contributed by atoms with Gasteiger partial charge in [0, 0.05) is 6.42 Å². The van der Waals surface area contributed by atoms with Crippen LogP contribution in [0.2, 0.25) is 0 Å². The lowest BCUT2D eigenvalue weighted by Crippen LogP contribution is -2.54. The Morgan fingerprint density at radius 1 is 0.536 bits per heavy atom. The van der Waals surface area contributed by atoms with Gasteiger partial charge in [0.25, 0.3) is 11.3 Å². The van der Waals surface area contributed by atoms with E-state index < -0.39 is 80.5 Å². The lowest BCUT2D eigenvalue weighted by Gasteiger charge is -2.33. The van der Waals surface area contributed by atoms with Gasteiger partial charge >= 0.3 is 24.7 Å². The summed E-state index contributed by atoms with van der Waals surface area (Å²) in [6.07, 6.45) is -32.6. The average Bonchev–Trinajstić information content (AvgIpc) is 2.45. The molecule has 0 N–H and O–H groups in total. The molecule has 28 heavy (non-hydrogen) atoms. The van der Waals surface area contributed by atoms with E-state index in [1.54, 1.807) is 0 Å². The minimum atomic E-state index is -6.32. The largest absolute Gasteiger partial charge is 0.431 e. The van der Waals surface area contributed by atoms with Crippen molar-refractivity contribution in [1.82, 2.24) is 0 Å². The van der Waals surface area contributed by atoms with Crippen LogP contribution in [0.5, 0.6) is 0 Å². The van der Waals surface area contributed by atoms with E-state index in [9.17, 15) is 61.5 Å². The second-order valence-corrected chi connectivity index (χ2v) is 6.32. The summed E-state index contributed by atoms with van der Waals surface area (Å²) in [5.41, 5.74) is -11.1. The van der Waals surface area contributed by atoms with Gasteiger partial charge in [-0.1, -0.05) is 26.2 Å². The second-order valence-electron chi connectivity index (χ2n) is 6.32. The van der Waals surface area contributed by atoms with Crippen LogP contribution in [0.15, 0.2) is 0 Å². The van der Waals surface area contributed by atoms with Gasteiger partial charge in [0.15, 0.2) is 0 Å². The van der Waals surface area contributed by atoms with Crippen molar-refractivity contribution in [2.45, 2.75) is 81.5 Å². The molecule has 0 aliphatic heterocycles. The van der Waals surface area contributed by atoms with Crippen molar-refractivity contribution < 1.29 is 61.5 Å². The van der Waals surface area contributed by atoms with Crippen LogP contribution in [-0.4, -0.2) is 36.0 Å². The summed E-state index contributed by atoms with van der Waals surface area (Å²) in [4.78, 5) is 0. The van der Waals surface area contributed by atoms with Gasteiger partial charge in [-0.05, 0) is 18.8 Å². The van der Waals surface area contributed by atoms with Crippen LogP contribution in [0.4, 0.5) is 61.5 Å². The van der Waals surface area contributed by atoms with Crippen molar-refractivity contribution in [2.75, 3.05) is 0 Å². The van der Waals surface area contributed by atoms with E-state index in [0.29, 0.717) is 0 Å². The lowest BCUT2D eigenvalue weighted by molar-refractivity contribution is -0.346. The van der Waals surface area contributed by atoms with Crippen molar-refractivity contribution in [3.05, 3.63) is 0 Å². The molecule has 0 radical (unpaired) electrons. The molecule has 14 heteroatoms. The molecule has 0 saturated heterocycles. The maximum atomic E-state index is 13.6. The Hall–Kier alpha value is -0.980. The second kappa shape index (κ2) is 8.41. The van der Waals surface area contributed by atoms with Crippen LogP contribution < -0.4 is 0 Å². The molecular weight excluding hydrogens is 434 g/mol. The number of halogens is 14. The van der Waals surface area contributed by atoms with E-state index in [1.165, 1.54) is 0 Å². The van der Waals surface area contributed by atoms with Gasteiger partial charge in [-0.3, -0.25) is 0 Å². The van der Waals surface area contributed by atoms with E-state index in [2.05, 4.69) is 0 Å². The van der Waals surface area contributed by atoms with E-state index in [1.807, 2.05) is 0 Å². The first kappa shape index (κ1) is 27.0. The molecule has 0 fully saturated rings. The number of rotatable bonds is 8.